The maximum atomic E-state index is 13.7. The average molecular weight is 430 g/mol. The molecule has 1 N–H and O–H groups in total. The number of likely N-dealkylation sites (tertiary alicyclic amines) is 2. The van der Waals surface area contributed by atoms with Gasteiger partial charge >= 0.3 is 6.09 Å². The zero-order valence-electron chi connectivity index (χ0n) is 19.8. The molecular weight excluding hydrogens is 390 g/mol. The minimum atomic E-state index is -1.16. The SMILES string of the molecule is CN1CCC(C2CCN(C(=O)[C@](C)(NC(=O)OC(C)(C)C)c3ccccc3)CC2)CC1. The van der Waals surface area contributed by atoms with Crippen molar-refractivity contribution in [3.63, 3.8) is 0 Å². The van der Waals surface area contributed by atoms with Crippen molar-refractivity contribution in [2.75, 3.05) is 33.2 Å². The first kappa shape index (κ1) is 23.6. The fourth-order valence-electron chi connectivity index (χ4n) is 4.92. The third-order valence-corrected chi connectivity index (χ3v) is 6.79. The van der Waals surface area contributed by atoms with Crippen LogP contribution in [0.15, 0.2) is 30.3 Å². The van der Waals surface area contributed by atoms with Crippen LogP contribution in [0, 0.1) is 11.8 Å². The van der Waals surface area contributed by atoms with Gasteiger partial charge in [-0.25, -0.2) is 4.79 Å². The van der Waals surface area contributed by atoms with Gasteiger partial charge < -0.3 is 19.9 Å². The van der Waals surface area contributed by atoms with Gasteiger partial charge in [0.1, 0.15) is 11.1 Å². The van der Waals surface area contributed by atoms with E-state index in [1.165, 1.54) is 25.9 Å². The number of rotatable bonds is 4. The molecule has 2 aliphatic rings. The molecule has 31 heavy (non-hydrogen) atoms. The van der Waals surface area contributed by atoms with Crippen molar-refractivity contribution in [3.8, 4) is 0 Å². The highest BCUT2D eigenvalue weighted by Crippen LogP contribution is 2.34. The van der Waals surface area contributed by atoms with Crippen molar-refractivity contribution in [2.24, 2.45) is 11.8 Å². The molecule has 0 aromatic heterocycles. The summed E-state index contributed by atoms with van der Waals surface area (Å²) in [6, 6.07) is 9.48. The molecular formula is C25H39N3O3. The number of hydrogen-bond donors (Lipinski definition) is 1. The lowest BCUT2D eigenvalue weighted by Crippen LogP contribution is -2.57. The number of piperidine rings is 2. The average Bonchev–Trinajstić information content (AvgIpc) is 2.73. The predicted molar refractivity (Wildman–Crippen MR) is 123 cm³/mol. The molecule has 0 bridgehead atoms. The maximum absolute atomic E-state index is 13.7. The van der Waals surface area contributed by atoms with Crippen molar-refractivity contribution in [3.05, 3.63) is 35.9 Å². The van der Waals surface area contributed by atoms with Gasteiger partial charge in [0, 0.05) is 13.1 Å². The number of benzene rings is 1. The van der Waals surface area contributed by atoms with Crippen LogP contribution < -0.4 is 5.32 Å². The zero-order valence-corrected chi connectivity index (χ0v) is 19.8. The molecule has 2 saturated heterocycles. The Morgan fingerprint density at radius 1 is 0.903 bits per heavy atom. The summed E-state index contributed by atoms with van der Waals surface area (Å²) >= 11 is 0. The minimum absolute atomic E-state index is 0.0635. The molecule has 1 aromatic carbocycles. The minimum Gasteiger partial charge on any atom is -0.444 e. The molecule has 0 aliphatic carbocycles. The van der Waals surface area contributed by atoms with Crippen LogP contribution in [0.5, 0.6) is 0 Å². The topological polar surface area (TPSA) is 61.9 Å². The van der Waals surface area contributed by atoms with Gasteiger partial charge in [0.15, 0.2) is 0 Å². The maximum Gasteiger partial charge on any atom is 0.408 e. The number of alkyl carbamates (subject to hydrolysis) is 1. The van der Waals surface area contributed by atoms with Gasteiger partial charge in [-0.1, -0.05) is 30.3 Å². The summed E-state index contributed by atoms with van der Waals surface area (Å²) in [6.45, 7) is 11.1. The van der Waals surface area contributed by atoms with E-state index in [0.29, 0.717) is 5.92 Å². The first-order valence-electron chi connectivity index (χ1n) is 11.6. The number of ether oxygens (including phenoxy) is 1. The van der Waals surface area contributed by atoms with E-state index >= 15 is 0 Å². The van der Waals surface area contributed by atoms with Crippen molar-refractivity contribution in [1.29, 1.82) is 0 Å². The summed E-state index contributed by atoms with van der Waals surface area (Å²) in [5.74, 6) is 1.40. The Hall–Kier alpha value is -2.08. The molecule has 0 saturated carbocycles. The van der Waals surface area contributed by atoms with Crippen LogP contribution in [0.2, 0.25) is 0 Å². The lowest BCUT2D eigenvalue weighted by molar-refractivity contribution is -0.140. The standard InChI is InChI=1S/C25H39N3O3/c1-24(2,3)31-23(30)26-25(4,21-9-7-6-8-10-21)22(29)28-17-13-20(14-18-28)19-11-15-27(5)16-12-19/h6-10,19-20H,11-18H2,1-5H3,(H,26,30)/t25-/m1/s1. The van der Waals surface area contributed by atoms with Crippen molar-refractivity contribution >= 4 is 12.0 Å². The molecule has 3 rings (SSSR count). The van der Waals surface area contributed by atoms with Crippen LogP contribution in [-0.4, -0.2) is 60.6 Å². The van der Waals surface area contributed by atoms with Gasteiger partial charge in [0.05, 0.1) is 0 Å². The Kier molecular flexibility index (Phi) is 7.30. The third-order valence-electron chi connectivity index (χ3n) is 6.79. The summed E-state index contributed by atoms with van der Waals surface area (Å²) in [4.78, 5) is 30.6. The van der Waals surface area contributed by atoms with Gasteiger partial charge in [-0.05, 0) is 90.9 Å². The molecule has 2 aliphatic heterocycles. The number of carbonyl (C=O) groups is 2. The predicted octanol–water partition coefficient (Wildman–Crippen LogP) is 4.01. The molecule has 1 aromatic rings. The Morgan fingerprint density at radius 3 is 1.94 bits per heavy atom. The summed E-state index contributed by atoms with van der Waals surface area (Å²) < 4.78 is 5.47. The molecule has 0 spiro atoms. The summed E-state index contributed by atoms with van der Waals surface area (Å²) in [7, 11) is 2.19. The van der Waals surface area contributed by atoms with Gasteiger partial charge in [0.2, 0.25) is 0 Å². The molecule has 1 atom stereocenters. The van der Waals surface area contributed by atoms with Crippen LogP contribution in [-0.2, 0) is 15.1 Å². The summed E-state index contributed by atoms with van der Waals surface area (Å²) in [5.41, 5.74) is -1.02. The molecule has 2 heterocycles. The first-order chi connectivity index (χ1) is 14.6. The van der Waals surface area contributed by atoms with E-state index in [2.05, 4.69) is 17.3 Å². The Bertz CT molecular complexity index is 745. The largest absolute Gasteiger partial charge is 0.444 e. The molecule has 2 amide bonds. The van der Waals surface area contributed by atoms with E-state index in [4.69, 9.17) is 4.74 Å². The smallest absolute Gasteiger partial charge is 0.408 e. The Balaban J connectivity index is 1.70. The van der Waals surface area contributed by atoms with Crippen LogP contribution in [0.25, 0.3) is 0 Å². The molecule has 0 radical (unpaired) electrons. The molecule has 6 heteroatoms. The first-order valence-corrected chi connectivity index (χ1v) is 11.6. The van der Waals surface area contributed by atoms with Crippen LogP contribution in [0.4, 0.5) is 4.79 Å². The quantitative estimate of drug-likeness (QED) is 0.786. The normalized spacial score (nSPS) is 21.4. The highest BCUT2D eigenvalue weighted by Gasteiger charge is 2.42. The van der Waals surface area contributed by atoms with Gasteiger partial charge in [-0.2, -0.15) is 0 Å². The van der Waals surface area contributed by atoms with E-state index in [1.807, 2.05) is 56.0 Å². The lowest BCUT2D eigenvalue weighted by Gasteiger charge is -2.42. The number of nitrogens with one attached hydrogen (secondary N) is 1. The van der Waals surface area contributed by atoms with E-state index in [0.717, 1.165) is 37.4 Å². The van der Waals surface area contributed by atoms with Crippen LogP contribution >= 0.6 is 0 Å². The van der Waals surface area contributed by atoms with Crippen LogP contribution in [0.3, 0.4) is 0 Å². The van der Waals surface area contributed by atoms with Gasteiger partial charge in [-0.3, -0.25) is 4.79 Å². The second-order valence-electron chi connectivity index (χ2n) is 10.4. The molecule has 6 nitrogen and oxygen atoms in total. The molecule has 2 fully saturated rings. The van der Waals surface area contributed by atoms with Crippen molar-refractivity contribution in [1.82, 2.24) is 15.1 Å². The van der Waals surface area contributed by atoms with E-state index in [1.54, 1.807) is 6.92 Å². The molecule has 0 unspecified atom stereocenters. The number of amides is 2. The third kappa shape index (κ3) is 6.00. The number of carbonyl (C=O) groups excluding carboxylic acids is 2. The highest BCUT2D eigenvalue weighted by atomic mass is 16.6. The van der Waals surface area contributed by atoms with Gasteiger partial charge in [-0.15, -0.1) is 0 Å². The fourth-order valence-corrected chi connectivity index (χ4v) is 4.92. The lowest BCUT2D eigenvalue weighted by atomic mass is 9.78. The molecule has 172 valence electrons. The highest BCUT2D eigenvalue weighted by molar-refractivity contribution is 5.91. The Morgan fingerprint density at radius 2 is 1.42 bits per heavy atom. The van der Waals surface area contributed by atoms with E-state index < -0.39 is 17.2 Å². The zero-order chi connectivity index (χ0) is 22.6. The summed E-state index contributed by atoms with van der Waals surface area (Å²) in [5, 5.41) is 2.88. The van der Waals surface area contributed by atoms with E-state index in [-0.39, 0.29) is 5.91 Å². The Labute approximate surface area is 187 Å². The number of hydrogen-bond acceptors (Lipinski definition) is 4. The summed E-state index contributed by atoms with van der Waals surface area (Å²) in [6.07, 6.45) is 4.02. The van der Waals surface area contributed by atoms with E-state index in [9.17, 15) is 9.59 Å². The second-order valence-corrected chi connectivity index (χ2v) is 10.4. The monoisotopic (exact) mass is 429 g/mol. The second kappa shape index (κ2) is 9.60. The fraction of sp³-hybridized carbons (Fsp3) is 0.680. The van der Waals surface area contributed by atoms with Gasteiger partial charge in [0.25, 0.3) is 5.91 Å². The van der Waals surface area contributed by atoms with Crippen LogP contribution in [0.1, 0.15) is 58.9 Å². The van der Waals surface area contributed by atoms with Crippen molar-refractivity contribution in [2.45, 2.75) is 64.5 Å². The van der Waals surface area contributed by atoms with Crippen molar-refractivity contribution < 1.29 is 14.3 Å². The number of nitrogens with zero attached hydrogens (tertiary/aromatic N) is 2.